The minimum absolute atomic E-state index is 0.0103. The van der Waals surface area contributed by atoms with Crippen molar-refractivity contribution in [1.82, 2.24) is 14.8 Å². The van der Waals surface area contributed by atoms with E-state index in [4.69, 9.17) is 4.74 Å². The Labute approximate surface area is 161 Å². The first kappa shape index (κ1) is 19.5. The zero-order valence-electron chi connectivity index (χ0n) is 16.6. The molecule has 0 radical (unpaired) electrons. The second-order valence-electron chi connectivity index (χ2n) is 8.26. The van der Waals surface area contributed by atoms with Gasteiger partial charge in [-0.25, -0.2) is 4.79 Å². The van der Waals surface area contributed by atoms with Gasteiger partial charge in [0.05, 0.1) is 0 Å². The van der Waals surface area contributed by atoms with Crippen LogP contribution in [0.5, 0.6) is 0 Å². The Kier molecular flexibility index (Phi) is 5.87. The number of carbonyl (C=O) groups is 2. The number of amides is 2. The average Bonchev–Trinajstić information content (AvgIpc) is 2.67. The molecule has 0 aromatic carbocycles. The van der Waals surface area contributed by atoms with E-state index >= 15 is 0 Å². The van der Waals surface area contributed by atoms with Gasteiger partial charge in [-0.1, -0.05) is 0 Å². The summed E-state index contributed by atoms with van der Waals surface area (Å²) in [7, 11) is 0. The molecule has 2 aliphatic rings. The van der Waals surface area contributed by atoms with Crippen LogP contribution in [0.25, 0.3) is 0 Å². The standard InChI is InChI=1S/C20H30N4O3/c1-20(2,3)27-19(26)24-10-6-16(7-11-24)18(25)23-14-12-22(13-15-23)17-4-8-21-9-5-17/h4-5,8-9,16H,6-7,10-15H2,1-3H3. The number of hydrogen-bond acceptors (Lipinski definition) is 5. The number of anilines is 1. The summed E-state index contributed by atoms with van der Waals surface area (Å²) >= 11 is 0. The molecule has 1 aromatic rings. The van der Waals surface area contributed by atoms with E-state index in [2.05, 4.69) is 9.88 Å². The van der Waals surface area contributed by atoms with E-state index in [-0.39, 0.29) is 17.9 Å². The fourth-order valence-electron chi connectivity index (χ4n) is 3.63. The fourth-order valence-corrected chi connectivity index (χ4v) is 3.63. The van der Waals surface area contributed by atoms with Gasteiger partial charge in [0.15, 0.2) is 0 Å². The van der Waals surface area contributed by atoms with Crippen LogP contribution in [-0.4, -0.2) is 71.7 Å². The number of nitrogens with zero attached hydrogens (tertiary/aromatic N) is 4. The summed E-state index contributed by atoms with van der Waals surface area (Å²) in [6.45, 7) is 9.94. The molecule has 0 atom stereocenters. The number of aromatic nitrogens is 1. The van der Waals surface area contributed by atoms with Gasteiger partial charge in [0.1, 0.15) is 5.60 Å². The first-order valence-corrected chi connectivity index (χ1v) is 9.75. The summed E-state index contributed by atoms with van der Waals surface area (Å²) in [5, 5.41) is 0. The minimum Gasteiger partial charge on any atom is -0.444 e. The van der Waals surface area contributed by atoms with E-state index in [0.29, 0.717) is 25.9 Å². The molecule has 0 unspecified atom stereocenters. The molecule has 0 aliphatic carbocycles. The maximum absolute atomic E-state index is 12.9. The molecule has 0 spiro atoms. The van der Waals surface area contributed by atoms with Gasteiger partial charge in [-0.3, -0.25) is 9.78 Å². The predicted octanol–water partition coefficient (Wildman–Crippen LogP) is 2.38. The largest absolute Gasteiger partial charge is 0.444 e. The van der Waals surface area contributed by atoms with Crippen LogP contribution < -0.4 is 4.90 Å². The second-order valence-corrected chi connectivity index (χ2v) is 8.26. The summed E-state index contributed by atoms with van der Waals surface area (Å²) in [4.78, 5) is 35.1. The van der Waals surface area contributed by atoms with Crippen LogP contribution >= 0.6 is 0 Å². The van der Waals surface area contributed by atoms with E-state index in [1.807, 2.05) is 37.8 Å². The van der Waals surface area contributed by atoms with Gasteiger partial charge in [0, 0.05) is 63.3 Å². The summed E-state index contributed by atoms with van der Waals surface area (Å²) in [5.74, 6) is 0.240. The first-order valence-electron chi connectivity index (χ1n) is 9.75. The molecule has 27 heavy (non-hydrogen) atoms. The Balaban J connectivity index is 1.45. The first-order chi connectivity index (χ1) is 12.8. The highest BCUT2D eigenvalue weighted by Crippen LogP contribution is 2.23. The molecule has 7 heteroatoms. The third-order valence-corrected chi connectivity index (χ3v) is 5.12. The number of piperidine rings is 1. The van der Waals surface area contributed by atoms with E-state index in [9.17, 15) is 9.59 Å². The number of rotatable bonds is 2. The van der Waals surface area contributed by atoms with Crippen molar-refractivity contribution >= 4 is 17.7 Å². The molecule has 0 N–H and O–H groups in total. The van der Waals surface area contributed by atoms with Crippen molar-refractivity contribution < 1.29 is 14.3 Å². The zero-order valence-corrected chi connectivity index (χ0v) is 16.6. The molecule has 148 valence electrons. The van der Waals surface area contributed by atoms with Gasteiger partial charge in [0.2, 0.25) is 5.91 Å². The monoisotopic (exact) mass is 374 g/mol. The molecule has 0 saturated carbocycles. The molecule has 2 aliphatic heterocycles. The van der Waals surface area contributed by atoms with Gasteiger partial charge in [-0.2, -0.15) is 0 Å². The Bertz CT molecular complexity index is 643. The molecule has 2 fully saturated rings. The van der Waals surface area contributed by atoms with E-state index in [1.165, 1.54) is 0 Å². The van der Waals surface area contributed by atoms with Gasteiger partial charge in [0.25, 0.3) is 0 Å². The number of pyridine rings is 1. The summed E-state index contributed by atoms with van der Waals surface area (Å²) in [6.07, 6.45) is 4.74. The lowest BCUT2D eigenvalue weighted by atomic mass is 9.95. The van der Waals surface area contributed by atoms with Crippen LogP contribution in [0, 0.1) is 5.92 Å². The van der Waals surface area contributed by atoms with E-state index in [1.54, 1.807) is 17.3 Å². The van der Waals surface area contributed by atoms with Gasteiger partial charge < -0.3 is 19.4 Å². The summed E-state index contributed by atoms with van der Waals surface area (Å²) in [5.41, 5.74) is 0.667. The van der Waals surface area contributed by atoms with Crippen molar-refractivity contribution in [3.63, 3.8) is 0 Å². The highest BCUT2D eigenvalue weighted by atomic mass is 16.6. The second kappa shape index (κ2) is 8.15. The molecule has 2 amide bonds. The number of ether oxygens (including phenoxy) is 1. The third-order valence-electron chi connectivity index (χ3n) is 5.12. The summed E-state index contributed by atoms with van der Waals surface area (Å²) in [6, 6.07) is 4.01. The Hall–Kier alpha value is -2.31. The molecule has 0 bridgehead atoms. The van der Waals surface area contributed by atoms with Crippen LogP contribution in [0.15, 0.2) is 24.5 Å². The quantitative estimate of drug-likeness (QED) is 0.795. The Morgan fingerprint density at radius 1 is 0.963 bits per heavy atom. The lowest BCUT2D eigenvalue weighted by Crippen LogP contribution is -2.52. The van der Waals surface area contributed by atoms with Crippen molar-refractivity contribution in [1.29, 1.82) is 0 Å². The Morgan fingerprint density at radius 3 is 2.11 bits per heavy atom. The van der Waals surface area contributed by atoms with Crippen LogP contribution in [0.1, 0.15) is 33.6 Å². The third kappa shape index (κ3) is 5.11. The van der Waals surface area contributed by atoms with E-state index < -0.39 is 5.60 Å². The lowest BCUT2D eigenvalue weighted by Gasteiger charge is -2.39. The average molecular weight is 374 g/mol. The van der Waals surface area contributed by atoms with Crippen molar-refractivity contribution in [3.05, 3.63) is 24.5 Å². The SMILES string of the molecule is CC(C)(C)OC(=O)N1CCC(C(=O)N2CCN(c3ccncc3)CC2)CC1. The molecule has 2 saturated heterocycles. The molecule has 3 rings (SSSR count). The molecule has 3 heterocycles. The Morgan fingerprint density at radius 2 is 1.56 bits per heavy atom. The van der Waals surface area contributed by atoms with Crippen molar-refractivity contribution in [2.75, 3.05) is 44.2 Å². The van der Waals surface area contributed by atoms with Gasteiger partial charge in [-0.05, 0) is 45.7 Å². The summed E-state index contributed by atoms with van der Waals surface area (Å²) < 4.78 is 5.42. The maximum atomic E-state index is 12.9. The van der Waals surface area contributed by atoms with Gasteiger partial charge in [-0.15, -0.1) is 0 Å². The van der Waals surface area contributed by atoms with Crippen LogP contribution in [0.4, 0.5) is 10.5 Å². The normalized spacial score (nSPS) is 19.1. The van der Waals surface area contributed by atoms with Crippen LogP contribution in [-0.2, 0) is 9.53 Å². The van der Waals surface area contributed by atoms with Crippen LogP contribution in [0.3, 0.4) is 0 Å². The smallest absolute Gasteiger partial charge is 0.410 e. The van der Waals surface area contributed by atoms with Crippen molar-refractivity contribution in [2.45, 2.75) is 39.2 Å². The number of hydrogen-bond donors (Lipinski definition) is 0. The van der Waals surface area contributed by atoms with E-state index in [0.717, 1.165) is 31.9 Å². The van der Waals surface area contributed by atoms with Gasteiger partial charge >= 0.3 is 6.09 Å². The maximum Gasteiger partial charge on any atom is 0.410 e. The molecular weight excluding hydrogens is 344 g/mol. The van der Waals surface area contributed by atoms with Crippen molar-refractivity contribution in [3.8, 4) is 0 Å². The number of piperazine rings is 1. The highest BCUT2D eigenvalue weighted by molar-refractivity contribution is 5.79. The number of carbonyl (C=O) groups excluding carboxylic acids is 2. The highest BCUT2D eigenvalue weighted by Gasteiger charge is 2.33. The zero-order chi connectivity index (χ0) is 19.4. The van der Waals surface area contributed by atoms with Crippen molar-refractivity contribution in [2.24, 2.45) is 5.92 Å². The molecule has 1 aromatic heterocycles. The lowest BCUT2D eigenvalue weighted by molar-refractivity contribution is -0.137. The predicted molar refractivity (Wildman–Crippen MR) is 104 cm³/mol. The molecular formula is C20H30N4O3. The topological polar surface area (TPSA) is 66.0 Å². The molecule has 7 nitrogen and oxygen atoms in total. The van der Waals surface area contributed by atoms with Crippen LogP contribution in [0.2, 0.25) is 0 Å². The number of likely N-dealkylation sites (tertiary alicyclic amines) is 1. The fraction of sp³-hybridized carbons (Fsp3) is 0.650. The minimum atomic E-state index is -0.488.